The Bertz CT molecular complexity index is 942. The molecule has 1 aromatic heterocycles. The molecule has 154 valence electrons. The SMILES string of the molecule is Cc1cccc2sc(N(CCN3CCOCC3)C(=O)Cc3ccccc3)nc12.Cl. The number of rotatable bonds is 6. The smallest absolute Gasteiger partial charge is 0.233 e. The Morgan fingerprint density at radius 3 is 2.62 bits per heavy atom. The molecule has 7 heteroatoms. The molecule has 29 heavy (non-hydrogen) atoms. The Labute approximate surface area is 181 Å². The number of aryl methyl sites for hydroxylation is 1. The standard InChI is InChI=1S/C22H25N3O2S.ClH/c1-17-6-5-9-19-21(17)23-22(28-19)25(11-10-24-12-14-27-15-13-24)20(26)16-18-7-3-2-4-8-18;/h2-9H,10-16H2,1H3;1H. The summed E-state index contributed by atoms with van der Waals surface area (Å²) in [4.78, 5) is 22.2. The number of fused-ring (bicyclic) bond motifs is 1. The number of morpholine rings is 1. The molecule has 1 aliphatic heterocycles. The second kappa shape index (κ2) is 10.2. The lowest BCUT2D eigenvalue weighted by molar-refractivity contribution is -0.118. The van der Waals surface area contributed by atoms with Crippen LogP contribution in [-0.4, -0.2) is 55.2 Å². The van der Waals surface area contributed by atoms with Crippen molar-refractivity contribution in [3.63, 3.8) is 0 Å². The van der Waals surface area contributed by atoms with E-state index in [4.69, 9.17) is 9.72 Å². The van der Waals surface area contributed by atoms with Crippen molar-refractivity contribution in [3.05, 3.63) is 59.7 Å². The van der Waals surface area contributed by atoms with Gasteiger partial charge in [0.1, 0.15) is 0 Å². The lowest BCUT2D eigenvalue weighted by Crippen LogP contribution is -2.43. The van der Waals surface area contributed by atoms with Crippen LogP contribution in [0.15, 0.2) is 48.5 Å². The summed E-state index contributed by atoms with van der Waals surface area (Å²) in [5, 5.41) is 0.790. The third kappa shape index (κ3) is 5.34. The summed E-state index contributed by atoms with van der Waals surface area (Å²) >= 11 is 1.60. The average Bonchev–Trinajstić information content (AvgIpc) is 3.15. The van der Waals surface area contributed by atoms with Gasteiger partial charge in [-0.25, -0.2) is 4.98 Å². The minimum Gasteiger partial charge on any atom is -0.379 e. The monoisotopic (exact) mass is 431 g/mol. The largest absolute Gasteiger partial charge is 0.379 e. The van der Waals surface area contributed by atoms with Crippen LogP contribution in [0.4, 0.5) is 5.13 Å². The number of carbonyl (C=O) groups excluding carboxylic acids is 1. The van der Waals surface area contributed by atoms with Gasteiger partial charge in [0.15, 0.2) is 5.13 Å². The van der Waals surface area contributed by atoms with Crippen molar-refractivity contribution in [2.45, 2.75) is 13.3 Å². The van der Waals surface area contributed by atoms with E-state index in [-0.39, 0.29) is 18.3 Å². The summed E-state index contributed by atoms with van der Waals surface area (Å²) < 4.78 is 6.56. The number of anilines is 1. The van der Waals surface area contributed by atoms with E-state index >= 15 is 0 Å². The molecular weight excluding hydrogens is 406 g/mol. The molecule has 0 bridgehead atoms. The number of nitrogens with zero attached hydrogens (tertiary/aromatic N) is 3. The number of carbonyl (C=O) groups is 1. The maximum absolute atomic E-state index is 13.2. The number of hydrogen-bond donors (Lipinski definition) is 0. The molecule has 0 unspecified atom stereocenters. The van der Waals surface area contributed by atoms with Crippen molar-refractivity contribution < 1.29 is 9.53 Å². The Morgan fingerprint density at radius 2 is 1.90 bits per heavy atom. The van der Waals surface area contributed by atoms with E-state index in [2.05, 4.69) is 24.0 Å². The minimum atomic E-state index is 0. The van der Waals surface area contributed by atoms with E-state index in [1.54, 1.807) is 11.3 Å². The first-order valence-electron chi connectivity index (χ1n) is 9.71. The summed E-state index contributed by atoms with van der Waals surface area (Å²) in [6, 6.07) is 16.1. The van der Waals surface area contributed by atoms with Gasteiger partial charge in [-0.05, 0) is 24.1 Å². The molecule has 4 rings (SSSR count). The van der Waals surface area contributed by atoms with E-state index in [1.165, 1.54) is 0 Å². The zero-order valence-electron chi connectivity index (χ0n) is 16.5. The summed E-state index contributed by atoms with van der Waals surface area (Å²) in [5.74, 6) is 0.0937. The van der Waals surface area contributed by atoms with Gasteiger partial charge in [0.05, 0.1) is 29.9 Å². The number of hydrogen-bond acceptors (Lipinski definition) is 5. The topological polar surface area (TPSA) is 45.7 Å². The molecule has 2 aromatic carbocycles. The average molecular weight is 432 g/mol. The van der Waals surface area contributed by atoms with E-state index in [1.807, 2.05) is 41.3 Å². The van der Waals surface area contributed by atoms with E-state index in [0.29, 0.717) is 13.0 Å². The van der Waals surface area contributed by atoms with Crippen molar-refractivity contribution in [2.75, 3.05) is 44.3 Å². The predicted octanol–water partition coefficient (Wildman–Crippen LogP) is 3.93. The number of aromatic nitrogens is 1. The molecule has 0 radical (unpaired) electrons. The van der Waals surface area contributed by atoms with Crippen molar-refractivity contribution in [3.8, 4) is 0 Å². The first-order valence-corrected chi connectivity index (χ1v) is 10.5. The van der Waals surface area contributed by atoms with Gasteiger partial charge in [-0.1, -0.05) is 53.8 Å². The Hall–Kier alpha value is -1.99. The van der Waals surface area contributed by atoms with Gasteiger partial charge in [-0.3, -0.25) is 14.6 Å². The molecule has 1 aliphatic rings. The van der Waals surface area contributed by atoms with Gasteiger partial charge in [0.25, 0.3) is 0 Å². The van der Waals surface area contributed by atoms with Crippen molar-refractivity contribution in [1.29, 1.82) is 0 Å². The van der Waals surface area contributed by atoms with Gasteiger partial charge < -0.3 is 4.74 Å². The van der Waals surface area contributed by atoms with Gasteiger partial charge in [0.2, 0.25) is 5.91 Å². The molecule has 1 amide bonds. The Morgan fingerprint density at radius 1 is 1.14 bits per heavy atom. The van der Waals surface area contributed by atoms with Crippen molar-refractivity contribution in [1.82, 2.24) is 9.88 Å². The summed E-state index contributed by atoms with van der Waals surface area (Å²) in [6.45, 7) is 6.90. The van der Waals surface area contributed by atoms with Gasteiger partial charge >= 0.3 is 0 Å². The van der Waals surface area contributed by atoms with Crippen LogP contribution in [0.1, 0.15) is 11.1 Å². The van der Waals surface area contributed by atoms with Crippen LogP contribution >= 0.6 is 23.7 Å². The lowest BCUT2D eigenvalue weighted by Gasteiger charge is -2.29. The maximum atomic E-state index is 13.2. The third-order valence-corrected chi connectivity index (χ3v) is 6.13. The van der Waals surface area contributed by atoms with Gasteiger partial charge in [0, 0.05) is 26.2 Å². The van der Waals surface area contributed by atoms with Crippen LogP contribution in [0, 0.1) is 6.92 Å². The normalized spacial score (nSPS) is 14.5. The molecule has 0 spiro atoms. The highest BCUT2D eigenvalue weighted by Gasteiger charge is 2.22. The first kappa shape index (κ1) is 21.7. The fourth-order valence-corrected chi connectivity index (χ4v) is 4.54. The highest BCUT2D eigenvalue weighted by Crippen LogP contribution is 2.31. The number of benzene rings is 2. The molecule has 2 heterocycles. The predicted molar refractivity (Wildman–Crippen MR) is 121 cm³/mol. The van der Waals surface area contributed by atoms with Crippen molar-refractivity contribution in [2.24, 2.45) is 0 Å². The number of para-hydroxylation sites is 1. The molecule has 0 N–H and O–H groups in total. The molecular formula is C22H26ClN3O2S. The highest BCUT2D eigenvalue weighted by molar-refractivity contribution is 7.22. The minimum absolute atomic E-state index is 0. The summed E-state index contributed by atoms with van der Waals surface area (Å²) in [6.07, 6.45) is 0.388. The van der Waals surface area contributed by atoms with Crippen LogP contribution in [0.3, 0.4) is 0 Å². The third-order valence-electron chi connectivity index (χ3n) is 5.08. The number of thiazole rings is 1. The van der Waals surface area contributed by atoms with Crippen LogP contribution < -0.4 is 4.90 Å². The molecule has 0 aliphatic carbocycles. The first-order chi connectivity index (χ1) is 13.7. The Kier molecular flexibility index (Phi) is 7.61. The molecule has 1 fully saturated rings. The van der Waals surface area contributed by atoms with Gasteiger partial charge in [-0.2, -0.15) is 0 Å². The Balaban J connectivity index is 0.00000240. The number of amides is 1. The lowest BCUT2D eigenvalue weighted by atomic mass is 10.1. The molecule has 1 saturated heterocycles. The summed E-state index contributed by atoms with van der Waals surface area (Å²) in [7, 11) is 0. The molecule has 3 aromatic rings. The van der Waals surface area contributed by atoms with E-state index in [9.17, 15) is 4.79 Å². The molecule has 0 saturated carbocycles. The van der Waals surface area contributed by atoms with Crippen LogP contribution in [0.25, 0.3) is 10.2 Å². The van der Waals surface area contributed by atoms with Crippen LogP contribution in [0.5, 0.6) is 0 Å². The van der Waals surface area contributed by atoms with E-state index in [0.717, 1.165) is 59.3 Å². The fourth-order valence-electron chi connectivity index (χ4n) is 3.45. The second-order valence-electron chi connectivity index (χ2n) is 7.08. The highest BCUT2D eigenvalue weighted by atomic mass is 35.5. The number of ether oxygens (including phenoxy) is 1. The van der Waals surface area contributed by atoms with Gasteiger partial charge in [-0.15, -0.1) is 12.4 Å². The maximum Gasteiger partial charge on any atom is 0.233 e. The zero-order valence-corrected chi connectivity index (χ0v) is 18.2. The van der Waals surface area contributed by atoms with E-state index < -0.39 is 0 Å². The molecule has 0 atom stereocenters. The van der Waals surface area contributed by atoms with Crippen molar-refractivity contribution >= 4 is 45.0 Å². The van der Waals surface area contributed by atoms with Crippen LogP contribution in [0.2, 0.25) is 0 Å². The number of halogens is 1. The molecule has 5 nitrogen and oxygen atoms in total. The quantitative estimate of drug-likeness (QED) is 0.593. The summed E-state index contributed by atoms with van der Waals surface area (Å²) in [5.41, 5.74) is 3.16. The zero-order chi connectivity index (χ0) is 19.3. The fraction of sp³-hybridized carbons (Fsp3) is 0.364. The van der Waals surface area contributed by atoms with Crippen LogP contribution in [-0.2, 0) is 16.0 Å². The second-order valence-corrected chi connectivity index (χ2v) is 8.09.